The number of benzene rings is 1. The molecule has 2 aromatic rings. The molecule has 1 aliphatic heterocycles. The number of carbonyl (C=O) groups is 2. The lowest BCUT2D eigenvalue weighted by molar-refractivity contribution is -0.147. The van der Waals surface area contributed by atoms with Gasteiger partial charge in [-0.2, -0.15) is 17.7 Å². The zero-order valence-electron chi connectivity index (χ0n) is 16.6. The number of halogens is 1. The van der Waals surface area contributed by atoms with Crippen LogP contribution in [0.5, 0.6) is 0 Å². The van der Waals surface area contributed by atoms with E-state index in [9.17, 15) is 14.0 Å². The highest BCUT2D eigenvalue weighted by Gasteiger charge is 2.34. The number of rotatable bonds is 7. The molecule has 1 aromatic carbocycles. The lowest BCUT2D eigenvalue weighted by atomic mass is 9.97. The van der Waals surface area contributed by atoms with Crippen molar-refractivity contribution in [3.63, 3.8) is 0 Å². The van der Waals surface area contributed by atoms with Gasteiger partial charge in [-0.05, 0) is 30.2 Å². The number of aromatic nitrogens is 2. The predicted molar refractivity (Wildman–Crippen MR) is 113 cm³/mol. The highest BCUT2D eigenvalue weighted by molar-refractivity contribution is 7.81. The Morgan fingerprint density at radius 2 is 2.17 bits per heavy atom. The second-order valence-electron chi connectivity index (χ2n) is 7.09. The van der Waals surface area contributed by atoms with E-state index in [0.29, 0.717) is 25.2 Å². The summed E-state index contributed by atoms with van der Waals surface area (Å²) >= 11 is 4.66. The molecule has 3 rings (SSSR count). The van der Waals surface area contributed by atoms with Crippen LogP contribution in [0, 0.1) is 5.82 Å². The van der Waals surface area contributed by atoms with Crippen LogP contribution in [0.15, 0.2) is 42.1 Å². The van der Waals surface area contributed by atoms with Gasteiger partial charge in [0.1, 0.15) is 11.9 Å². The van der Waals surface area contributed by atoms with Gasteiger partial charge in [0.15, 0.2) is 0 Å². The van der Waals surface area contributed by atoms with Crippen LogP contribution in [0.25, 0.3) is 6.08 Å². The minimum absolute atomic E-state index is 0.00981. The third kappa shape index (κ3) is 5.28. The number of aryl methyl sites for hydroxylation is 1. The van der Waals surface area contributed by atoms with Crippen molar-refractivity contribution in [2.75, 3.05) is 20.2 Å². The first-order valence-electron chi connectivity index (χ1n) is 9.59. The number of carbonyl (C=O) groups excluding carboxylic acids is 1. The Hall–Kier alpha value is -2.65. The van der Waals surface area contributed by atoms with Gasteiger partial charge in [-0.15, -0.1) is 0 Å². The van der Waals surface area contributed by atoms with Gasteiger partial charge in [-0.25, -0.2) is 9.18 Å². The van der Waals surface area contributed by atoms with E-state index in [0.717, 1.165) is 5.57 Å². The molecule has 9 heteroatoms. The minimum Gasteiger partial charge on any atom is -0.481 e. The molecule has 1 saturated heterocycles. The summed E-state index contributed by atoms with van der Waals surface area (Å²) < 4.78 is 21.0. The van der Waals surface area contributed by atoms with Gasteiger partial charge < -0.3 is 9.84 Å². The molecule has 0 aliphatic carbocycles. The maximum Gasteiger partial charge on any atom is 0.327 e. The highest BCUT2D eigenvalue weighted by Crippen LogP contribution is 2.31. The lowest BCUT2D eigenvalue weighted by Crippen LogP contribution is -2.42. The Morgan fingerprint density at radius 1 is 1.40 bits per heavy atom. The van der Waals surface area contributed by atoms with E-state index in [2.05, 4.69) is 17.7 Å². The molecule has 0 bridgehead atoms. The zero-order chi connectivity index (χ0) is 21.7. The van der Waals surface area contributed by atoms with Crippen LogP contribution in [0.3, 0.4) is 0 Å². The lowest BCUT2D eigenvalue weighted by Gasteiger charge is -2.36. The maximum absolute atomic E-state index is 14.4. The Morgan fingerprint density at radius 3 is 2.87 bits per heavy atom. The number of thiol groups is 1. The van der Waals surface area contributed by atoms with Crippen LogP contribution < -0.4 is 0 Å². The highest BCUT2D eigenvalue weighted by atomic mass is 32.1. The first-order chi connectivity index (χ1) is 14.4. The van der Waals surface area contributed by atoms with Crippen molar-refractivity contribution in [3.8, 4) is 0 Å². The van der Waals surface area contributed by atoms with Crippen molar-refractivity contribution in [3.05, 3.63) is 59.2 Å². The molecule has 7 nitrogen and oxygen atoms in total. The molecule has 0 radical (unpaired) electrons. The van der Waals surface area contributed by atoms with Crippen LogP contribution in [0.1, 0.15) is 30.1 Å². The van der Waals surface area contributed by atoms with Crippen molar-refractivity contribution in [1.29, 1.82) is 0 Å². The van der Waals surface area contributed by atoms with E-state index in [-0.39, 0.29) is 23.8 Å². The van der Waals surface area contributed by atoms with Crippen molar-refractivity contribution in [1.82, 2.24) is 14.7 Å². The fourth-order valence-corrected chi connectivity index (χ4v) is 3.79. The van der Waals surface area contributed by atoms with Crippen LogP contribution in [-0.2, 0) is 20.9 Å². The summed E-state index contributed by atoms with van der Waals surface area (Å²) in [7, 11) is 1.29. The van der Waals surface area contributed by atoms with E-state index in [1.165, 1.54) is 13.2 Å². The fourth-order valence-electron chi connectivity index (χ4n) is 3.51. The molecule has 160 valence electrons. The number of esters is 1. The van der Waals surface area contributed by atoms with Crippen molar-refractivity contribution < 1.29 is 23.8 Å². The predicted octanol–water partition coefficient (Wildman–Crippen LogP) is 2.80. The molecular weight excluding hydrogens is 409 g/mol. The Kier molecular flexibility index (Phi) is 7.28. The quantitative estimate of drug-likeness (QED) is 0.516. The number of piperidine rings is 1. The Bertz CT molecular complexity index is 946. The summed E-state index contributed by atoms with van der Waals surface area (Å²) in [5, 5.41) is 13.2. The van der Waals surface area contributed by atoms with Crippen molar-refractivity contribution in [2.45, 2.75) is 30.7 Å². The summed E-state index contributed by atoms with van der Waals surface area (Å²) in [6, 6.07) is 7.14. The first-order valence-corrected chi connectivity index (χ1v) is 10.1. The zero-order valence-corrected chi connectivity index (χ0v) is 17.5. The summed E-state index contributed by atoms with van der Waals surface area (Å²) in [5.41, 5.74) is 1.90. The van der Waals surface area contributed by atoms with Gasteiger partial charge in [0.2, 0.25) is 0 Å². The number of carboxylic acid groups (broad SMARTS) is 1. The van der Waals surface area contributed by atoms with Gasteiger partial charge >= 0.3 is 11.9 Å². The van der Waals surface area contributed by atoms with Crippen molar-refractivity contribution >= 4 is 30.6 Å². The van der Waals surface area contributed by atoms with E-state index in [4.69, 9.17) is 9.84 Å². The average Bonchev–Trinajstić information content (AvgIpc) is 3.17. The summed E-state index contributed by atoms with van der Waals surface area (Å²) in [4.78, 5) is 25.1. The molecule has 1 aliphatic rings. The first kappa shape index (κ1) is 22.0. The van der Waals surface area contributed by atoms with Crippen LogP contribution in [0.2, 0.25) is 0 Å². The van der Waals surface area contributed by atoms with Gasteiger partial charge in [0.05, 0.1) is 25.8 Å². The molecule has 2 heterocycles. The van der Waals surface area contributed by atoms with Crippen molar-refractivity contribution in [2.24, 2.45) is 0 Å². The summed E-state index contributed by atoms with van der Waals surface area (Å²) in [5.74, 6) is -1.86. The third-order valence-corrected chi connectivity index (χ3v) is 5.63. The molecule has 2 unspecified atom stereocenters. The van der Waals surface area contributed by atoms with E-state index >= 15 is 0 Å². The number of carboxylic acids is 1. The van der Waals surface area contributed by atoms with E-state index in [1.807, 2.05) is 11.0 Å². The summed E-state index contributed by atoms with van der Waals surface area (Å²) in [6.45, 7) is 1.25. The normalized spacial score (nSPS) is 19.6. The molecular formula is C21H24FN3O4S. The number of aliphatic carboxylic acids is 1. The average molecular weight is 434 g/mol. The maximum atomic E-state index is 14.4. The molecule has 1 fully saturated rings. The second-order valence-corrected chi connectivity index (χ2v) is 7.71. The van der Waals surface area contributed by atoms with Gasteiger partial charge in [-0.3, -0.25) is 14.4 Å². The number of nitrogens with zero attached hydrogens (tertiary/aromatic N) is 3. The monoisotopic (exact) mass is 433 g/mol. The fraction of sp³-hybridized carbons (Fsp3) is 0.381. The SMILES string of the molecule is COC(=O)C(c1ccccc1F)N1CCC(S)/C(=C\c2ccn(CCC(=O)O)n2)C1. The molecule has 0 amide bonds. The van der Waals surface area contributed by atoms with E-state index < -0.39 is 23.8 Å². The molecule has 1 aromatic heterocycles. The van der Waals surface area contributed by atoms with Gasteiger partial charge in [0.25, 0.3) is 0 Å². The third-order valence-electron chi connectivity index (χ3n) is 5.04. The topological polar surface area (TPSA) is 84.7 Å². The number of ether oxygens (including phenoxy) is 1. The number of hydrogen-bond acceptors (Lipinski definition) is 6. The Balaban J connectivity index is 1.83. The second kappa shape index (κ2) is 9.90. The molecule has 0 spiro atoms. The van der Waals surface area contributed by atoms with E-state index in [1.54, 1.807) is 35.1 Å². The largest absolute Gasteiger partial charge is 0.481 e. The number of likely N-dealkylation sites (tertiary alicyclic amines) is 1. The van der Waals surface area contributed by atoms with Gasteiger partial charge in [-0.1, -0.05) is 18.2 Å². The molecule has 1 N–H and O–H groups in total. The standard InChI is InChI=1S/C21H24FN3O4S/c1-29-21(28)20(16-4-2-3-5-17(16)22)24-9-7-18(30)14(13-24)12-15-6-10-25(23-15)11-8-19(26)27/h2-6,10,12,18,20,30H,7-9,11,13H2,1H3,(H,26,27)/b14-12-. The number of methoxy groups -OCH3 is 1. The van der Waals surface area contributed by atoms with Crippen LogP contribution in [0.4, 0.5) is 4.39 Å². The molecule has 0 saturated carbocycles. The Labute approximate surface area is 179 Å². The van der Waals surface area contributed by atoms with Gasteiger partial charge in [0, 0.05) is 30.1 Å². The smallest absolute Gasteiger partial charge is 0.327 e. The summed E-state index contributed by atoms with van der Waals surface area (Å²) in [6.07, 6.45) is 4.28. The molecule has 30 heavy (non-hydrogen) atoms. The molecule has 2 atom stereocenters. The number of hydrogen-bond donors (Lipinski definition) is 2. The van der Waals surface area contributed by atoms with Crippen LogP contribution in [-0.4, -0.2) is 57.2 Å². The minimum atomic E-state index is -0.884. The van der Waals surface area contributed by atoms with Crippen LogP contribution >= 0.6 is 12.6 Å².